The van der Waals surface area contributed by atoms with E-state index in [1.54, 1.807) is 0 Å². The second kappa shape index (κ2) is 8.98. The smallest absolute Gasteiger partial charge is 0.283 e. The Balaban J connectivity index is 1.39. The van der Waals surface area contributed by atoms with Crippen molar-refractivity contribution in [2.45, 2.75) is 5.16 Å². The number of nitrogens with zero attached hydrogens (tertiary/aromatic N) is 2. The number of thioether (sulfide) groups is 1. The molecule has 0 unspecified atom stereocenters. The summed E-state index contributed by atoms with van der Waals surface area (Å²) in [5.41, 5.74) is 2.54. The lowest BCUT2D eigenvalue weighted by atomic mass is 10.1. The highest BCUT2D eigenvalue weighted by Crippen LogP contribution is 2.27. The van der Waals surface area contributed by atoms with Crippen LogP contribution in [0.5, 0.6) is 0 Å². The van der Waals surface area contributed by atoms with Crippen LogP contribution in [0.2, 0.25) is 0 Å². The molecular weight excluding hydrogens is 475 g/mol. The average Bonchev–Trinajstić information content (AvgIpc) is 3.28. The maximum atomic E-state index is 13.6. The van der Waals surface area contributed by atoms with Crippen LogP contribution in [-0.2, 0) is 4.79 Å². The van der Waals surface area contributed by atoms with Gasteiger partial charge in [0.05, 0.1) is 11.4 Å². The number of fused-ring (bicyclic) bond motifs is 4. The first-order valence-corrected chi connectivity index (χ1v) is 12.3. The minimum Gasteiger partial charge on any atom is -0.349 e. The van der Waals surface area contributed by atoms with E-state index in [-0.39, 0.29) is 17.2 Å². The second-order valence-electron chi connectivity index (χ2n) is 8.27. The normalized spacial score (nSPS) is 11.4. The van der Waals surface area contributed by atoms with E-state index in [9.17, 15) is 14.0 Å². The van der Waals surface area contributed by atoms with Crippen LogP contribution in [-0.4, -0.2) is 26.2 Å². The Kier molecular flexibility index (Phi) is 5.50. The van der Waals surface area contributed by atoms with E-state index in [1.165, 1.54) is 28.8 Å². The molecule has 0 aliphatic heterocycles. The molecule has 4 aromatic carbocycles. The van der Waals surface area contributed by atoms with Crippen molar-refractivity contribution in [1.82, 2.24) is 14.5 Å². The van der Waals surface area contributed by atoms with Gasteiger partial charge in [-0.15, -0.1) is 0 Å². The number of rotatable bonds is 5. The number of aromatic nitrogens is 3. The minimum absolute atomic E-state index is 0.0325. The van der Waals surface area contributed by atoms with Crippen molar-refractivity contribution >= 4 is 56.1 Å². The molecule has 0 aliphatic rings. The number of para-hydroxylation sites is 1. The zero-order valence-corrected chi connectivity index (χ0v) is 19.7. The number of hydrogen-bond acceptors (Lipinski definition) is 4. The van der Waals surface area contributed by atoms with Crippen LogP contribution in [0.1, 0.15) is 0 Å². The van der Waals surface area contributed by atoms with Gasteiger partial charge in [0.2, 0.25) is 5.91 Å². The van der Waals surface area contributed by atoms with Crippen molar-refractivity contribution in [2.75, 3.05) is 11.1 Å². The van der Waals surface area contributed by atoms with Crippen LogP contribution >= 0.6 is 11.8 Å². The van der Waals surface area contributed by atoms with Gasteiger partial charge in [-0.2, -0.15) is 0 Å². The number of amides is 1. The number of benzene rings is 4. The largest absolute Gasteiger partial charge is 0.349 e. The van der Waals surface area contributed by atoms with E-state index < -0.39 is 5.82 Å². The van der Waals surface area contributed by atoms with Crippen molar-refractivity contribution in [2.24, 2.45) is 0 Å². The molecule has 0 spiro atoms. The Labute approximate surface area is 208 Å². The molecule has 8 heteroatoms. The Morgan fingerprint density at radius 2 is 1.64 bits per heavy atom. The number of anilines is 1. The molecule has 0 aliphatic carbocycles. The van der Waals surface area contributed by atoms with Crippen LogP contribution in [0, 0.1) is 5.82 Å². The Bertz CT molecular complexity index is 1820. The molecule has 2 heterocycles. The topological polar surface area (TPSA) is 79.8 Å². The molecule has 0 bridgehead atoms. The highest BCUT2D eigenvalue weighted by atomic mass is 32.2. The van der Waals surface area contributed by atoms with Gasteiger partial charge in [-0.25, -0.2) is 9.37 Å². The Morgan fingerprint density at radius 1 is 0.917 bits per heavy atom. The van der Waals surface area contributed by atoms with Crippen molar-refractivity contribution < 1.29 is 9.18 Å². The molecule has 176 valence electrons. The third-order valence-corrected chi connectivity index (χ3v) is 6.91. The standard InChI is InChI=1S/C28H19FN4O2S/c29-18-12-14-19(15-13-18)33-27(35)26-25(21-9-3-4-10-23(21)31-26)32-28(33)36-16-24(34)30-22-11-5-7-17-6-1-2-8-20(17)22/h1-15,31H,16H2,(H,30,34). The number of carbonyl (C=O) groups is 1. The van der Waals surface area contributed by atoms with Gasteiger partial charge in [0.15, 0.2) is 5.16 Å². The summed E-state index contributed by atoms with van der Waals surface area (Å²) >= 11 is 1.15. The number of H-pyrrole nitrogens is 1. The zero-order chi connectivity index (χ0) is 24.6. The first-order chi connectivity index (χ1) is 17.6. The first kappa shape index (κ1) is 22.1. The van der Waals surface area contributed by atoms with Gasteiger partial charge in [-0.1, -0.05) is 66.4 Å². The van der Waals surface area contributed by atoms with Crippen LogP contribution < -0.4 is 10.9 Å². The summed E-state index contributed by atoms with van der Waals surface area (Å²) in [5, 5.41) is 6.10. The van der Waals surface area contributed by atoms with Gasteiger partial charge in [0.1, 0.15) is 16.9 Å². The number of halogens is 1. The minimum atomic E-state index is -0.407. The Hall–Kier alpha value is -4.43. The van der Waals surface area contributed by atoms with Crippen LogP contribution in [0.25, 0.3) is 38.4 Å². The molecule has 6 nitrogen and oxygen atoms in total. The lowest BCUT2D eigenvalue weighted by molar-refractivity contribution is -0.113. The van der Waals surface area contributed by atoms with E-state index in [0.29, 0.717) is 21.9 Å². The van der Waals surface area contributed by atoms with Gasteiger partial charge < -0.3 is 10.3 Å². The third-order valence-electron chi connectivity index (χ3n) is 5.98. The molecule has 0 atom stereocenters. The first-order valence-electron chi connectivity index (χ1n) is 11.3. The summed E-state index contributed by atoms with van der Waals surface area (Å²) in [6.07, 6.45) is 0. The Morgan fingerprint density at radius 3 is 2.47 bits per heavy atom. The third kappa shape index (κ3) is 3.91. The predicted octanol–water partition coefficient (Wildman–Crippen LogP) is 5.89. The highest BCUT2D eigenvalue weighted by molar-refractivity contribution is 7.99. The van der Waals surface area contributed by atoms with Gasteiger partial charge in [0.25, 0.3) is 5.56 Å². The second-order valence-corrected chi connectivity index (χ2v) is 9.21. The molecule has 0 saturated carbocycles. The van der Waals surface area contributed by atoms with E-state index in [0.717, 1.165) is 39.1 Å². The number of aromatic amines is 1. The van der Waals surface area contributed by atoms with Gasteiger partial charge in [-0.3, -0.25) is 14.2 Å². The van der Waals surface area contributed by atoms with E-state index in [1.807, 2.05) is 66.7 Å². The highest BCUT2D eigenvalue weighted by Gasteiger charge is 2.18. The molecule has 6 aromatic rings. The van der Waals surface area contributed by atoms with Crippen LogP contribution in [0.15, 0.2) is 101 Å². The summed E-state index contributed by atoms with van der Waals surface area (Å²) < 4.78 is 15.0. The molecule has 1 amide bonds. The molecule has 2 aromatic heterocycles. The summed E-state index contributed by atoms with van der Waals surface area (Å²) in [4.78, 5) is 34.4. The van der Waals surface area contributed by atoms with Gasteiger partial charge in [-0.05, 0) is 41.8 Å². The fourth-order valence-corrected chi connectivity index (χ4v) is 5.11. The number of hydrogen-bond donors (Lipinski definition) is 2. The molecule has 36 heavy (non-hydrogen) atoms. The maximum Gasteiger partial charge on any atom is 0.283 e. The average molecular weight is 495 g/mol. The van der Waals surface area contributed by atoms with Crippen molar-refractivity contribution in [3.05, 3.63) is 107 Å². The molecule has 2 N–H and O–H groups in total. The lowest BCUT2D eigenvalue weighted by Crippen LogP contribution is -2.23. The summed E-state index contributed by atoms with van der Waals surface area (Å²) in [6, 6.07) is 26.7. The van der Waals surface area contributed by atoms with Crippen molar-refractivity contribution in [1.29, 1.82) is 0 Å². The molecule has 0 saturated heterocycles. The number of nitrogens with one attached hydrogen (secondary N) is 2. The monoisotopic (exact) mass is 494 g/mol. The van der Waals surface area contributed by atoms with Crippen LogP contribution in [0.4, 0.5) is 10.1 Å². The molecule has 0 fully saturated rings. The van der Waals surface area contributed by atoms with E-state index in [4.69, 9.17) is 4.98 Å². The fraction of sp³-hybridized carbons (Fsp3) is 0.0357. The summed E-state index contributed by atoms with van der Waals surface area (Å²) in [5.74, 6) is -0.601. The maximum absolute atomic E-state index is 13.6. The molecule has 6 rings (SSSR count). The van der Waals surface area contributed by atoms with Gasteiger partial charge in [0, 0.05) is 22.0 Å². The molecular formula is C28H19FN4O2S. The lowest BCUT2D eigenvalue weighted by Gasteiger charge is -2.13. The zero-order valence-electron chi connectivity index (χ0n) is 18.9. The number of carbonyl (C=O) groups excluding carboxylic acids is 1. The van der Waals surface area contributed by atoms with Gasteiger partial charge >= 0.3 is 0 Å². The van der Waals surface area contributed by atoms with E-state index in [2.05, 4.69) is 10.3 Å². The fourth-order valence-electron chi connectivity index (χ4n) is 4.31. The van der Waals surface area contributed by atoms with Crippen molar-refractivity contribution in [3.8, 4) is 5.69 Å². The summed E-state index contributed by atoms with van der Waals surface area (Å²) in [6.45, 7) is 0. The quantitative estimate of drug-likeness (QED) is 0.231. The van der Waals surface area contributed by atoms with E-state index >= 15 is 0 Å². The molecule has 0 radical (unpaired) electrons. The SMILES string of the molecule is O=C(CSc1nc2c([nH]c3ccccc32)c(=O)n1-c1ccc(F)cc1)Nc1cccc2ccccc12. The van der Waals surface area contributed by atoms with Crippen LogP contribution in [0.3, 0.4) is 0 Å². The summed E-state index contributed by atoms with van der Waals surface area (Å²) in [7, 11) is 0. The predicted molar refractivity (Wildman–Crippen MR) is 142 cm³/mol. The van der Waals surface area contributed by atoms with Crippen molar-refractivity contribution in [3.63, 3.8) is 0 Å².